The summed E-state index contributed by atoms with van der Waals surface area (Å²) in [5.74, 6) is -0.148. The summed E-state index contributed by atoms with van der Waals surface area (Å²) < 4.78 is 0. The lowest BCUT2D eigenvalue weighted by molar-refractivity contribution is -0.132. The maximum atomic E-state index is 12.5. The lowest BCUT2D eigenvalue weighted by Crippen LogP contribution is -2.65. The van der Waals surface area contributed by atoms with Crippen LogP contribution in [0.3, 0.4) is 0 Å². The summed E-state index contributed by atoms with van der Waals surface area (Å²) in [7, 11) is 2.08. The Balaban J connectivity index is 2.04. The van der Waals surface area contributed by atoms with E-state index < -0.39 is 5.54 Å². The monoisotopic (exact) mass is 287 g/mol. The quantitative estimate of drug-likeness (QED) is 0.770. The maximum Gasteiger partial charge on any atom is 0.322 e. The van der Waals surface area contributed by atoms with Crippen LogP contribution in [0.4, 0.5) is 4.79 Å². The van der Waals surface area contributed by atoms with Gasteiger partial charge in [-0.15, -0.1) is 0 Å². The first-order valence-electron chi connectivity index (χ1n) is 7.35. The van der Waals surface area contributed by atoms with Gasteiger partial charge in [0.2, 0.25) is 0 Å². The zero-order chi connectivity index (χ0) is 15.2. The molecule has 1 aromatic carbocycles. The minimum absolute atomic E-state index is 0.0138. The Labute approximate surface area is 124 Å². The predicted molar refractivity (Wildman–Crippen MR) is 79.5 cm³/mol. The van der Waals surface area contributed by atoms with Crippen molar-refractivity contribution in [3.63, 3.8) is 0 Å². The van der Waals surface area contributed by atoms with Crippen molar-refractivity contribution >= 4 is 11.9 Å². The second kappa shape index (κ2) is 4.84. The first kappa shape index (κ1) is 14.1. The fourth-order valence-electron chi connectivity index (χ4n) is 4.11. The minimum atomic E-state index is -0.815. The van der Waals surface area contributed by atoms with Crippen LogP contribution < -0.4 is 10.6 Å². The summed E-state index contributed by atoms with van der Waals surface area (Å²) in [6, 6.07) is 9.88. The third-order valence-corrected chi connectivity index (χ3v) is 5.07. The molecule has 2 aliphatic rings. The van der Waals surface area contributed by atoms with Gasteiger partial charge in [-0.1, -0.05) is 44.2 Å². The summed E-state index contributed by atoms with van der Waals surface area (Å²) in [5.41, 5.74) is 0.358. The Morgan fingerprint density at radius 3 is 2.43 bits per heavy atom. The number of urea groups is 1. The van der Waals surface area contributed by atoms with Crippen molar-refractivity contribution in [1.29, 1.82) is 0 Å². The average molecular weight is 287 g/mol. The maximum absolute atomic E-state index is 12.5. The van der Waals surface area contributed by atoms with E-state index in [-0.39, 0.29) is 29.8 Å². The molecule has 1 aromatic rings. The molecule has 0 bridgehead atoms. The lowest BCUT2D eigenvalue weighted by Gasteiger charge is -2.50. The number of imide groups is 1. The molecule has 0 aromatic heterocycles. The third-order valence-electron chi connectivity index (χ3n) is 5.07. The van der Waals surface area contributed by atoms with E-state index in [2.05, 4.69) is 41.6 Å². The zero-order valence-electron chi connectivity index (χ0n) is 12.6. The van der Waals surface area contributed by atoms with Gasteiger partial charge in [-0.25, -0.2) is 4.79 Å². The molecule has 4 atom stereocenters. The summed E-state index contributed by atoms with van der Waals surface area (Å²) in [5, 5.41) is 5.33. The second-order valence-corrected chi connectivity index (χ2v) is 6.26. The Hall–Kier alpha value is -1.88. The highest BCUT2D eigenvalue weighted by Gasteiger charge is 2.59. The molecule has 0 radical (unpaired) electrons. The number of benzene rings is 1. The molecule has 2 fully saturated rings. The van der Waals surface area contributed by atoms with Crippen molar-refractivity contribution in [2.45, 2.75) is 25.4 Å². The molecule has 2 aliphatic heterocycles. The predicted octanol–water partition coefficient (Wildman–Crippen LogP) is 1.52. The number of carbonyl (C=O) groups is 2. The van der Waals surface area contributed by atoms with Crippen LogP contribution in [0.2, 0.25) is 0 Å². The number of amides is 3. The van der Waals surface area contributed by atoms with Gasteiger partial charge < -0.3 is 5.32 Å². The van der Waals surface area contributed by atoms with E-state index in [1.807, 2.05) is 25.1 Å². The molecule has 2 saturated heterocycles. The third kappa shape index (κ3) is 1.95. The van der Waals surface area contributed by atoms with Crippen molar-refractivity contribution in [1.82, 2.24) is 15.5 Å². The van der Waals surface area contributed by atoms with E-state index in [1.165, 1.54) is 5.56 Å². The van der Waals surface area contributed by atoms with Gasteiger partial charge in [-0.3, -0.25) is 15.0 Å². The highest BCUT2D eigenvalue weighted by atomic mass is 16.2. The van der Waals surface area contributed by atoms with E-state index >= 15 is 0 Å². The molecule has 0 unspecified atom stereocenters. The van der Waals surface area contributed by atoms with E-state index in [9.17, 15) is 9.59 Å². The summed E-state index contributed by atoms with van der Waals surface area (Å²) in [6.07, 6.45) is 0. The van der Waals surface area contributed by atoms with Gasteiger partial charge >= 0.3 is 6.03 Å². The van der Waals surface area contributed by atoms with Crippen molar-refractivity contribution in [2.75, 3.05) is 13.6 Å². The van der Waals surface area contributed by atoms with Crippen LogP contribution >= 0.6 is 0 Å². The fourth-order valence-corrected chi connectivity index (χ4v) is 4.11. The van der Waals surface area contributed by atoms with Crippen LogP contribution in [0, 0.1) is 11.8 Å². The van der Waals surface area contributed by atoms with Crippen molar-refractivity contribution < 1.29 is 9.59 Å². The topological polar surface area (TPSA) is 61.4 Å². The van der Waals surface area contributed by atoms with Crippen LogP contribution in [0.25, 0.3) is 0 Å². The van der Waals surface area contributed by atoms with Crippen LogP contribution in [0.15, 0.2) is 30.3 Å². The number of rotatable bonds is 1. The van der Waals surface area contributed by atoms with Gasteiger partial charge in [-0.05, 0) is 12.6 Å². The van der Waals surface area contributed by atoms with Gasteiger partial charge in [0, 0.05) is 24.4 Å². The molecule has 2 N–H and O–H groups in total. The number of hydrogen-bond donors (Lipinski definition) is 2. The van der Waals surface area contributed by atoms with Crippen LogP contribution in [0.5, 0.6) is 0 Å². The summed E-state index contributed by atoms with van der Waals surface area (Å²) >= 11 is 0. The van der Waals surface area contributed by atoms with Crippen LogP contribution in [0.1, 0.15) is 25.5 Å². The van der Waals surface area contributed by atoms with Gasteiger partial charge in [0.25, 0.3) is 5.91 Å². The molecule has 3 rings (SSSR count). The first-order chi connectivity index (χ1) is 9.96. The molecule has 112 valence electrons. The number of likely N-dealkylation sites (tertiary alicyclic amines) is 1. The van der Waals surface area contributed by atoms with Gasteiger partial charge in [0.05, 0.1) is 0 Å². The smallest absolute Gasteiger partial charge is 0.322 e. The first-order valence-corrected chi connectivity index (χ1v) is 7.35. The van der Waals surface area contributed by atoms with Crippen LogP contribution in [-0.4, -0.2) is 36.0 Å². The number of carbonyl (C=O) groups excluding carboxylic acids is 2. The number of hydrogen-bond acceptors (Lipinski definition) is 3. The summed E-state index contributed by atoms with van der Waals surface area (Å²) in [6.45, 7) is 4.84. The van der Waals surface area contributed by atoms with Crippen molar-refractivity contribution in [3.05, 3.63) is 35.9 Å². The zero-order valence-corrected chi connectivity index (χ0v) is 12.6. The molecule has 3 amide bonds. The molecule has 5 heteroatoms. The highest BCUT2D eigenvalue weighted by molar-refractivity contribution is 6.07. The largest absolute Gasteiger partial charge is 0.323 e. The van der Waals surface area contributed by atoms with E-state index in [0.717, 1.165) is 6.54 Å². The van der Waals surface area contributed by atoms with Crippen molar-refractivity contribution in [3.8, 4) is 0 Å². The molecule has 5 nitrogen and oxygen atoms in total. The summed E-state index contributed by atoms with van der Waals surface area (Å²) in [4.78, 5) is 26.4. The van der Waals surface area contributed by atoms with E-state index in [4.69, 9.17) is 0 Å². The second-order valence-electron chi connectivity index (χ2n) is 6.26. The number of nitrogens with zero attached hydrogens (tertiary/aromatic N) is 1. The molecule has 2 heterocycles. The molecular weight excluding hydrogens is 266 g/mol. The average Bonchev–Trinajstić information content (AvgIpc) is 2.74. The van der Waals surface area contributed by atoms with Gasteiger partial charge in [0.15, 0.2) is 0 Å². The Morgan fingerprint density at radius 2 is 1.86 bits per heavy atom. The van der Waals surface area contributed by atoms with Crippen LogP contribution in [-0.2, 0) is 4.79 Å². The number of nitrogens with one attached hydrogen (secondary N) is 2. The number of piperidine rings is 1. The van der Waals surface area contributed by atoms with Crippen molar-refractivity contribution in [2.24, 2.45) is 11.8 Å². The Morgan fingerprint density at radius 1 is 1.19 bits per heavy atom. The standard InChI is InChI=1S/C16H21N3O2/c1-10-9-19(3)13(12-7-5-4-6-8-12)11(2)16(10)14(20)17-15(21)18-16/h4-8,10-11,13H,9H2,1-3H3,(H2,17,18,20,21)/t10-,11-,13-,16+/m0/s1. The van der Waals surface area contributed by atoms with E-state index in [1.54, 1.807) is 0 Å². The lowest BCUT2D eigenvalue weighted by atomic mass is 9.67. The van der Waals surface area contributed by atoms with E-state index in [0.29, 0.717) is 0 Å². The normalized spacial score (nSPS) is 36.6. The molecule has 0 saturated carbocycles. The molecular formula is C16H21N3O2. The Bertz CT molecular complexity index is 574. The molecule has 21 heavy (non-hydrogen) atoms. The fraction of sp³-hybridized carbons (Fsp3) is 0.500. The van der Waals surface area contributed by atoms with Gasteiger partial charge in [-0.2, -0.15) is 0 Å². The van der Waals surface area contributed by atoms with Gasteiger partial charge in [0.1, 0.15) is 5.54 Å². The SMILES string of the molecule is C[C@H]1CN(C)[C@H](c2ccccc2)[C@H](C)[C@]12NC(=O)NC2=O. The minimum Gasteiger partial charge on any atom is -0.323 e. The highest BCUT2D eigenvalue weighted by Crippen LogP contribution is 2.44. The molecule has 1 spiro atoms. The Kier molecular flexibility index (Phi) is 3.24. The molecule has 0 aliphatic carbocycles.